The minimum Gasteiger partial charge on any atom is -0.263 e. The first-order valence-corrected chi connectivity index (χ1v) is 7.06. The Morgan fingerprint density at radius 2 is 2.25 bits per heavy atom. The van der Waals surface area contributed by atoms with E-state index in [1.165, 1.54) is 9.75 Å². The molecule has 2 aromatic heterocycles. The lowest BCUT2D eigenvalue weighted by atomic mass is 10.1. The molecule has 0 fully saturated rings. The average molecular weight is 317 g/mol. The Morgan fingerprint density at radius 1 is 1.44 bits per heavy atom. The Labute approximate surface area is 113 Å². The SMILES string of the molecule is Cc1ccc(C(Br)Cc2ccncc2Cl)s1. The molecule has 0 N–H and O–H groups in total. The van der Waals surface area contributed by atoms with Crippen LogP contribution in [0.4, 0.5) is 0 Å². The average Bonchev–Trinajstić information content (AvgIpc) is 2.68. The molecule has 0 aliphatic heterocycles. The van der Waals surface area contributed by atoms with Gasteiger partial charge in [0.05, 0.1) is 9.85 Å². The fourth-order valence-electron chi connectivity index (χ4n) is 1.48. The number of pyridine rings is 1. The molecule has 0 radical (unpaired) electrons. The van der Waals surface area contributed by atoms with Crippen LogP contribution in [0.3, 0.4) is 0 Å². The maximum absolute atomic E-state index is 6.08. The van der Waals surface area contributed by atoms with Gasteiger partial charge in [-0.1, -0.05) is 27.5 Å². The lowest BCUT2D eigenvalue weighted by Crippen LogP contribution is -1.94. The van der Waals surface area contributed by atoms with Gasteiger partial charge >= 0.3 is 0 Å². The van der Waals surface area contributed by atoms with Crippen LogP contribution >= 0.6 is 38.9 Å². The molecule has 0 bridgehead atoms. The third-order valence-corrected chi connectivity index (χ3v) is 4.90. The summed E-state index contributed by atoms with van der Waals surface area (Å²) in [6.45, 7) is 2.12. The fraction of sp³-hybridized carbons (Fsp3) is 0.250. The molecule has 0 aliphatic rings. The van der Waals surface area contributed by atoms with Crippen molar-refractivity contribution < 1.29 is 0 Å². The summed E-state index contributed by atoms with van der Waals surface area (Å²) < 4.78 is 0. The van der Waals surface area contributed by atoms with Crippen LogP contribution < -0.4 is 0 Å². The topological polar surface area (TPSA) is 12.9 Å². The van der Waals surface area contributed by atoms with Crippen molar-refractivity contribution in [1.82, 2.24) is 4.98 Å². The summed E-state index contributed by atoms with van der Waals surface area (Å²) in [4.78, 5) is 6.98. The first kappa shape index (κ1) is 12.1. The number of rotatable bonds is 3. The van der Waals surface area contributed by atoms with Crippen molar-refractivity contribution in [1.29, 1.82) is 0 Å². The van der Waals surface area contributed by atoms with E-state index in [4.69, 9.17) is 11.6 Å². The van der Waals surface area contributed by atoms with Crippen molar-refractivity contribution in [3.63, 3.8) is 0 Å². The van der Waals surface area contributed by atoms with E-state index < -0.39 is 0 Å². The summed E-state index contributed by atoms with van der Waals surface area (Å²) in [7, 11) is 0. The van der Waals surface area contributed by atoms with Gasteiger partial charge in [-0.05, 0) is 37.1 Å². The number of aromatic nitrogens is 1. The highest BCUT2D eigenvalue weighted by Gasteiger charge is 2.12. The van der Waals surface area contributed by atoms with Gasteiger partial charge in [0.2, 0.25) is 0 Å². The minimum atomic E-state index is 0.325. The molecular weight excluding hydrogens is 306 g/mol. The molecule has 1 atom stereocenters. The van der Waals surface area contributed by atoms with Crippen LogP contribution in [-0.2, 0) is 6.42 Å². The fourth-order valence-corrected chi connectivity index (χ4v) is 3.32. The van der Waals surface area contributed by atoms with E-state index in [2.05, 4.69) is 40.0 Å². The first-order valence-electron chi connectivity index (χ1n) is 4.95. The van der Waals surface area contributed by atoms with Crippen LogP contribution in [0.15, 0.2) is 30.6 Å². The molecule has 1 unspecified atom stereocenters. The van der Waals surface area contributed by atoms with E-state index in [-0.39, 0.29) is 0 Å². The Morgan fingerprint density at radius 3 is 2.88 bits per heavy atom. The van der Waals surface area contributed by atoms with Gasteiger partial charge < -0.3 is 0 Å². The van der Waals surface area contributed by atoms with E-state index in [0.29, 0.717) is 4.83 Å². The van der Waals surface area contributed by atoms with Crippen LogP contribution in [-0.4, -0.2) is 4.98 Å². The van der Waals surface area contributed by atoms with Crippen molar-refractivity contribution in [3.8, 4) is 0 Å². The van der Waals surface area contributed by atoms with Gasteiger partial charge in [-0.25, -0.2) is 0 Å². The molecule has 2 aromatic rings. The van der Waals surface area contributed by atoms with E-state index in [1.807, 2.05) is 17.4 Å². The van der Waals surface area contributed by atoms with E-state index in [0.717, 1.165) is 17.0 Å². The summed E-state index contributed by atoms with van der Waals surface area (Å²) in [6.07, 6.45) is 4.36. The quantitative estimate of drug-likeness (QED) is 0.742. The minimum absolute atomic E-state index is 0.325. The van der Waals surface area contributed by atoms with Crippen molar-refractivity contribution in [2.45, 2.75) is 18.2 Å². The molecule has 4 heteroatoms. The van der Waals surface area contributed by atoms with Gasteiger partial charge in [0.15, 0.2) is 0 Å². The largest absolute Gasteiger partial charge is 0.263 e. The molecule has 0 spiro atoms. The van der Waals surface area contributed by atoms with Crippen molar-refractivity contribution in [2.75, 3.05) is 0 Å². The number of aryl methyl sites for hydroxylation is 1. The molecule has 0 aliphatic carbocycles. The number of hydrogen-bond acceptors (Lipinski definition) is 2. The van der Waals surface area contributed by atoms with E-state index in [9.17, 15) is 0 Å². The number of halogens is 2. The molecule has 1 nitrogen and oxygen atoms in total. The zero-order valence-corrected chi connectivity index (χ0v) is 11.9. The van der Waals surface area contributed by atoms with Crippen LogP contribution in [0.1, 0.15) is 20.1 Å². The highest BCUT2D eigenvalue weighted by molar-refractivity contribution is 9.09. The standard InChI is InChI=1S/C12H11BrClNS/c1-8-2-3-12(16-8)10(13)6-9-4-5-15-7-11(9)14/h2-5,7,10H,6H2,1H3. The molecule has 0 amide bonds. The number of alkyl halides is 1. The molecular formula is C12H11BrClNS. The second-order valence-electron chi connectivity index (χ2n) is 3.59. The Kier molecular flexibility index (Phi) is 4.00. The van der Waals surface area contributed by atoms with Gasteiger partial charge in [0.1, 0.15) is 0 Å². The van der Waals surface area contributed by atoms with Crippen molar-refractivity contribution >= 4 is 38.9 Å². The highest BCUT2D eigenvalue weighted by Crippen LogP contribution is 2.33. The Balaban J connectivity index is 2.13. The van der Waals surface area contributed by atoms with Gasteiger partial charge in [-0.3, -0.25) is 4.98 Å². The van der Waals surface area contributed by atoms with Crippen molar-refractivity contribution in [2.24, 2.45) is 0 Å². The number of thiophene rings is 1. The second kappa shape index (κ2) is 5.30. The van der Waals surface area contributed by atoms with Gasteiger partial charge in [0, 0.05) is 22.1 Å². The molecule has 2 heterocycles. The zero-order chi connectivity index (χ0) is 11.5. The summed E-state index contributed by atoms with van der Waals surface area (Å²) in [5.74, 6) is 0. The van der Waals surface area contributed by atoms with Gasteiger partial charge in [-0.15, -0.1) is 11.3 Å². The highest BCUT2D eigenvalue weighted by atomic mass is 79.9. The van der Waals surface area contributed by atoms with Crippen molar-refractivity contribution in [3.05, 3.63) is 50.9 Å². The third kappa shape index (κ3) is 2.84. The maximum Gasteiger partial charge on any atom is 0.0621 e. The molecule has 16 heavy (non-hydrogen) atoms. The van der Waals surface area contributed by atoms with Gasteiger partial charge in [-0.2, -0.15) is 0 Å². The molecule has 0 saturated heterocycles. The Hall–Kier alpha value is -0.380. The van der Waals surface area contributed by atoms with Crippen LogP contribution in [0.5, 0.6) is 0 Å². The summed E-state index contributed by atoms with van der Waals surface area (Å²) in [5.41, 5.74) is 1.13. The lowest BCUT2D eigenvalue weighted by Gasteiger charge is -2.08. The van der Waals surface area contributed by atoms with Gasteiger partial charge in [0.25, 0.3) is 0 Å². The molecule has 0 saturated carbocycles. The van der Waals surface area contributed by atoms with Crippen LogP contribution in [0.25, 0.3) is 0 Å². The Bertz CT molecular complexity index is 483. The summed E-state index contributed by atoms with van der Waals surface area (Å²) in [6, 6.07) is 6.27. The summed E-state index contributed by atoms with van der Waals surface area (Å²) in [5, 5.41) is 0.736. The normalized spacial score (nSPS) is 12.7. The first-order chi connectivity index (χ1) is 7.66. The van der Waals surface area contributed by atoms with Crippen LogP contribution in [0.2, 0.25) is 5.02 Å². The molecule has 2 rings (SSSR count). The lowest BCUT2D eigenvalue weighted by molar-refractivity contribution is 0.964. The molecule has 0 aromatic carbocycles. The number of nitrogens with zero attached hydrogens (tertiary/aromatic N) is 1. The van der Waals surface area contributed by atoms with E-state index >= 15 is 0 Å². The number of hydrogen-bond donors (Lipinski definition) is 0. The summed E-state index contributed by atoms with van der Waals surface area (Å²) >= 11 is 11.6. The van der Waals surface area contributed by atoms with Crippen LogP contribution in [0, 0.1) is 6.92 Å². The monoisotopic (exact) mass is 315 g/mol. The third-order valence-electron chi connectivity index (χ3n) is 2.33. The predicted octanol–water partition coefficient (Wildman–Crippen LogP) is 4.78. The second-order valence-corrected chi connectivity index (χ2v) is 6.42. The molecule has 84 valence electrons. The predicted molar refractivity (Wildman–Crippen MR) is 73.7 cm³/mol. The van der Waals surface area contributed by atoms with E-state index in [1.54, 1.807) is 12.4 Å². The smallest absolute Gasteiger partial charge is 0.0621 e. The zero-order valence-electron chi connectivity index (χ0n) is 8.78. The maximum atomic E-state index is 6.08.